The van der Waals surface area contributed by atoms with Gasteiger partial charge >= 0.3 is 6.61 Å². The Morgan fingerprint density at radius 1 is 1.27 bits per heavy atom. The van der Waals surface area contributed by atoms with Crippen molar-refractivity contribution in [3.05, 3.63) is 29.3 Å². The van der Waals surface area contributed by atoms with Gasteiger partial charge in [0, 0.05) is 12.1 Å². The van der Waals surface area contributed by atoms with Crippen molar-refractivity contribution in [2.75, 3.05) is 0 Å². The summed E-state index contributed by atoms with van der Waals surface area (Å²) in [6.45, 7) is -2.21. The van der Waals surface area contributed by atoms with Gasteiger partial charge in [-0.25, -0.2) is 8.78 Å². The van der Waals surface area contributed by atoms with Gasteiger partial charge in [0.15, 0.2) is 5.78 Å². The molecule has 82 valence electrons. The number of carbonyl (C=O) groups is 1. The molecule has 0 heterocycles. The smallest absolute Gasteiger partial charge is 0.387 e. The SMILES string of the molecule is CC(=O)c1c(F)cc(OC(F)F)cc1F. The van der Waals surface area contributed by atoms with E-state index in [1.54, 1.807) is 0 Å². The lowest BCUT2D eigenvalue weighted by molar-refractivity contribution is -0.0501. The Morgan fingerprint density at radius 2 is 1.73 bits per heavy atom. The molecule has 0 radical (unpaired) electrons. The van der Waals surface area contributed by atoms with Crippen LogP contribution in [0.4, 0.5) is 17.6 Å². The molecule has 0 aliphatic heterocycles. The van der Waals surface area contributed by atoms with Crippen molar-refractivity contribution in [1.82, 2.24) is 0 Å². The molecule has 0 saturated carbocycles. The molecule has 0 fully saturated rings. The summed E-state index contributed by atoms with van der Waals surface area (Å²) in [6.07, 6.45) is 0. The monoisotopic (exact) mass is 222 g/mol. The van der Waals surface area contributed by atoms with E-state index in [4.69, 9.17) is 0 Å². The molecule has 0 atom stereocenters. The highest BCUT2D eigenvalue weighted by Crippen LogP contribution is 2.22. The molecule has 0 N–H and O–H groups in total. The van der Waals surface area contributed by atoms with Crippen LogP contribution in [-0.2, 0) is 0 Å². The molecular formula is C9H6F4O2. The molecule has 6 heteroatoms. The fraction of sp³-hybridized carbons (Fsp3) is 0.222. The highest BCUT2D eigenvalue weighted by atomic mass is 19.3. The predicted molar refractivity (Wildman–Crippen MR) is 43.0 cm³/mol. The Labute approximate surface area is 82.5 Å². The number of alkyl halides is 2. The Hall–Kier alpha value is -1.59. The van der Waals surface area contributed by atoms with E-state index >= 15 is 0 Å². The number of rotatable bonds is 3. The number of ketones is 1. The summed E-state index contributed by atoms with van der Waals surface area (Å²) in [5, 5.41) is 0. The van der Waals surface area contributed by atoms with Crippen LogP contribution in [-0.4, -0.2) is 12.4 Å². The van der Waals surface area contributed by atoms with Crippen LogP contribution in [0.15, 0.2) is 12.1 Å². The quantitative estimate of drug-likeness (QED) is 0.580. The second-order valence-corrected chi connectivity index (χ2v) is 2.70. The lowest BCUT2D eigenvalue weighted by atomic mass is 10.1. The molecule has 0 amide bonds. The van der Waals surface area contributed by atoms with Crippen LogP contribution in [0.25, 0.3) is 0 Å². The molecule has 0 unspecified atom stereocenters. The molecule has 0 aliphatic carbocycles. The van der Waals surface area contributed by atoms with E-state index in [1.165, 1.54) is 0 Å². The van der Waals surface area contributed by atoms with Crippen molar-refractivity contribution < 1.29 is 27.1 Å². The molecule has 2 nitrogen and oxygen atoms in total. The van der Waals surface area contributed by atoms with Gasteiger partial charge in [-0.15, -0.1) is 0 Å². The van der Waals surface area contributed by atoms with Crippen molar-refractivity contribution >= 4 is 5.78 Å². The van der Waals surface area contributed by atoms with Gasteiger partial charge in [-0.3, -0.25) is 4.79 Å². The van der Waals surface area contributed by atoms with E-state index in [9.17, 15) is 22.4 Å². The third-order valence-electron chi connectivity index (χ3n) is 1.59. The van der Waals surface area contributed by atoms with Crippen LogP contribution in [0, 0.1) is 11.6 Å². The normalized spacial score (nSPS) is 10.5. The zero-order chi connectivity index (χ0) is 11.6. The first kappa shape index (κ1) is 11.5. The minimum atomic E-state index is -3.17. The highest BCUT2D eigenvalue weighted by Gasteiger charge is 2.17. The van der Waals surface area contributed by atoms with E-state index in [0.29, 0.717) is 12.1 Å². The van der Waals surface area contributed by atoms with Gasteiger partial charge in [0.25, 0.3) is 0 Å². The first-order valence-electron chi connectivity index (χ1n) is 3.86. The second kappa shape index (κ2) is 4.29. The van der Waals surface area contributed by atoms with Crippen molar-refractivity contribution in [2.45, 2.75) is 13.5 Å². The first-order chi connectivity index (χ1) is 6.91. The molecule has 0 aliphatic rings. The summed E-state index contributed by atoms with van der Waals surface area (Å²) in [5.41, 5.74) is -0.767. The maximum Gasteiger partial charge on any atom is 0.387 e. The van der Waals surface area contributed by atoms with Crippen LogP contribution >= 0.6 is 0 Å². The molecule has 0 saturated heterocycles. The van der Waals surface area contributed by atoms with Gasteiger partial charge in [-0.1, -0.05) is 0 Å². The standard InChI is InChI=1S/C9H6F4O2/c1-4(14)8-6(10)2-5(3-7(8)11)15-9(12)13/h2-3,9H,1H3. The number of halogens is 4. The topological polar surface area (TPSA) is 26.3 Å². The van der Waals surface area contributed by atoms with Crippen LogP contribution in [0.2, 0.25) is 0 Å². The summed E-state index contributed by atoms with van der Waals surface area (Å²) in [6, 6.07) is 1.07. The average molecular weight is 222 g/mol. The van der Waals surface area contributed by atoms with Crippen LogP contribution < -0.4 is 4.74 Å². The Morgan fingerprint density at radius 3 is 2.07 bits per heavy atom. The van der Waals surface area contributed by atoms with Crippen LogP contribution in [0.1, 0.15) is 17.3 Å². The summed E-state index contributed by atoms with van der Waals surface area (Å²) in [5.74, 6) is -3.94. The molecule has 15 heavy (non-hydrogen) atoms. The minimum Gasteiger partial charge on any atom is -0.435 e. The number of Topliss-reactive ketones (excluding diaryl/α,β-unsaturated/α-hetero) is 1. The number of benzene rings is 1. The van der Waals surface area contributed by atoms with E-state index in [0.717, 1.165) is 6.92 Å². The summed E-state index contributed by atoms with van der Waals surface area (Å²) in [4.78, 5) is 10.8. The van der Waals surface area contributed by atoms with Crippen molar-refractivity contribution in [3.8, 4) is 5.75 Å². The lowest BCUT2D eigenvalue weighted by Gasteiger charge is -2.06. The van der Waals surface area contributed by atoms with Gasteiger partial charge < -0.3 is 4.74 Å². The van der Waals surface area contributed by atoms with E-state index in [-0.39, 0.29) is 0 Å². The number of ether oxygens (including phenoxy) is 1. The van der Waals surface area contributed by atoms with E-state index in [2.05, 4.69) is 4.74 Å². The summed E-state index contributed by atoms with van der Waals surface area (Å²) in [7, 11) is 0. The van der Waals surface area contributed by atoms with Gasteiger partial charge in [0.05, 0.1) is 5.56 Å². The predicted octanol–water partition coefficient (Wildman–Crippen LogP) is 2.77. The average Bonchev–Trinajstić information content (AvgIpc) is 1.99. The fourth-order valence-corrected chi connectivity index (χ4v) is 1.06. The van der Waals surface area contributed by atoms with Gasteiger partial charge in [-0.2, -0.15) is 8.78 Å². The van der Waals surface area contributed by atoms with Crippen molar-refractivity contribution in [2.24, 2.45) is 0 Å². The van der Waals surface area contributed by atoms with Crippen LogP contribution in [0.3, 0.4) is 0 Å². The molecule has 0 aromatic heterocycles. The van der Waals surface area contributed by atoms with E-state index in [1.807, 2.05) is 0 Å². The third kappa shape index (κ3) is 2.68. The Bertz CT molecular complexity index is 367. The number of hydrogen-bond acceptors (Lipinski definition) is 2. The zero-order valence-corrected chi connectivity index (χ0v) is 7.56. The van der Waals surface area contributed by atoms with Gasteiger partial charge in [-0.05, 0) is 6.92 Å². The minimum absolute atomic E-state index is 0.534. The summed E-state index contributed by atoms with van der Waals surface area (Å²) < 4.78 is 53.3. The Balaban J connectivity index is 3.14. The van der Waals surface area contributed by atoms with Gasteiger partial charge in [0.2, 0.25) is 0 Å². The molecule has 1 rings (SSSR count). The molecule has 0 bridgehead atoms. The van der Waals surface area contributed by atoms with Crippen LogP contribution in [0.5, 0.6) is 5.75 Å². The maximum atomic E-state index is 13.0. The maximum absolute atomic E-state index is 13.0. The molecule has 0 spiro atoms. The zero-order valence-electron chi connectivity index (χ0n) is 7.56. The fourth-order valence-electron chi connectivity index (χ4n) is 1.06. The van der Waals surface area contributed by atoms with Gasteiger partial charge in [0.1, 0.15) is 17.4 Å². The second-order valence-electron chi connectivity index (χ2n) is 2.70. The molecule has 1 aromatic rings. The first-order valence-corrected chi connectivity index (χ1v) is 3.86. The molecular weight excluding hydrogens is 216 g/mol. The highest BCUT2D eigenvalue weighted by molar-refractivity contribution is 5.94. The van der Waals surface area contributed by atoms with Crippen molar-refractivity contribution in [3.63, 3.8) is 0 Å². The Kier molecular flexibility index (Phi) is 3.28. The number of carbonyl (C=O) groups excluding carboxylic acids is 1. The van der Waals surface area contributed by atoms with Crippen molar-refractivity contribution in [1.29, 1.82) is 0 Å². The third-order valence-corrected chi connectivity index (χ3v) is 1.59. The van der Waals surface area contributed by atoms with E-state index < -0.39 is 35.3 Å². The largest absolute Gasteiger partial charge is 0.435 e. The lowest BCUT2D eigenvalue weighted by Crippen LogP contribution is -2.06. The summed E-state index contributed by atoms with van der Waals surface area (Å²) >= 11 is 0. The molecule has 1 aromatic carbocycles. The number of hydrogen-bond donors (Lipinski definition) is 0.